The first-order chi connectivity index (χ1) is 8.26. The monoisotopic (exact) mass is 270 g/mol. The molecular formula is C12H18N2O3S. The number of carbonyl (C=O) groups excluding carboxylic acids is 1. The predicted octanol–water partition coefficient (Wildman–Crippen LogP) is 0.361. The van der Waals surface area contributed by atoms with Crippen molar-refractivity contribution in [3.8, 4) is 0 Å². The van der Waals surface area contributed by atoms with E-state index in [1.165, 1.54) is 0 Å². The molecule has 0 aromatic heterocycles. The van der Waals surface area contributed by atoms with Crippen molar-refractivity contribution in [1.82, 2.24) is 5.32 Å². The van der Waals surface area contributed by atoms with Crippen LogP contribution in [0.25, 0.3) is 0 Å². The molecule has 100 valence electrons. The Hall–Kier alpha value is -1.56. The first-order valence-electron chi connectivity index (χ1n) is 5.58. The molecule has 0 heterocycles. The summed E-state index contributed by atoms with van der Waals surface area (Å²) in [5, 5.41) is 2.65. The fraction of sp³-hybridized carbons (Fsp3) is 0.417. The second-order valence-corrected chi connectivity index (χ2v) is 6.67. The van der Waals surface area contributed by atoms with Gasteiger partial charge in [0.25, 0.3) is 0 Å². The zero-order valence-corrected chi connectivity index (χ0v) is 11.3. The van der Waals surface area contributed by atoms with E-state index < -0.39 is 15.9 Å². The molecule has 0 fully saturated rings. The molecule has 0 saturated carbocycles. The van der Waals surface area contributed by atoms with Crippen molar-refractivity contribution in [2.45, 2.75) is 19.4 Å². The molecule has 1 aromatic rings. The van der Waals surface area contributed by atoms with E-state index in [0.717, 1.165) is 11.8 Å². The van der Waals surface area contributed by atoms with Crippen molar-refractivity contribution in [1.29, 1.82) is 0 Å². The number of nitrogens with two attached hydrogens (primary N) is 1. The van der Waals surface area contributed by atoms with Crippen LogP contribution in [0, 0.1) is 0 Å². The molecule has 1 aromatic carbocycles. The van der Waals surface area contributed by atoms with Gasteiger partial charge in [0.1, 0.15) is 9.84 Å². The van der Waals surface area contributed by atoms with E-state index in [4.69, 9.17) is 5.73 Å². The lowest BCUT2D eigenvalue weighted by Gasteiger charge is -2.12. The van der Waals surface area contributed by atoms with Crippen LogP contribution in [0.1, 0.15) is 12.5 Å². The maximum absolute atomic E-state index is 11.7. The molecule has 1 rings (SSSR count). The third-order valence-corrected chi connectivity index (χ3v) is 3.38. The Morgan fingerprint density at radius 1 is 1.44 bits per heavy atom. The van der Waals surface area contributed by atoms with Crippen molar-refractivity contribution in [2.24, 2.45) is 0 Å². The molecule has 1 unspecified atom stereocenters. The summed E-state index contributed by atoms with van der Waals surface area (Å²) in [4.78, 5) is 11.7. The molecular weight excluding hydrogens is 252 g/mol. The molecule has 6 heteroatoms. The number of nitrogens with one attached hydrogen (secondary N) is 1. The number of sulfone groups is 1. The average molecular weight is 270 g/mol. The van der Waals surface area contributed by atoms with E-state index in [-0.39, 0.29) is 18.1 Å². The Kier molecular flexibility index (Phi) is 4.72. The van der Waals surface area contributed by atoms with Gasteiger partial charge in [0, 0.05) is 18.0 Å². The second kappa shape index (κ2) is 5.86. The molecule has 0 bridgehead atoms. The minimum absolute atomic E-state index is 0.0599. The summed E-state index contributed by atoms with van der Waals surface area (Å²) in [6, 6.07) is 6.65. The maximum Gasteiger partial charge on any atom is 0.224 e. The van der Waals surface area contributed by atoms with E-state index in [1.807, 2.05) is 0 Å². The predicted molar refractivity (Wildman–Crippen MR) is 71.9 cm³/mol. The van der Waals surface area contributed by atoms with Gasteiger partial charge in [-0.2, -0.15) is 0 Å². The van der Waals surface area contributed by atoms with E-state index in [1.54, 1.807) is 31.2 Å². The normalized spacial score (nSPS) is 13.0. The second-order valence-electron chi connectivity index (χ2n) is 4.48. The minimum atomic E-state index is -3.08. The topological polar surface area (TPSA) is 89.3 Å². The van der Waals surface area contributed by atoms with Crippen LogP contribution in [0.2, 0.25) is 0 Å². The molecule has 3 N–H and O–H groups in total. The number of amides is 1. The molecule has 0 aliphatic heterocycles. The van der Waals surface area contributed by atoms with E-state index >= 15 is 0 Å². The third-order valence-electron chi connectivity index (χ3n) is 2.28. The van der Waals surface area contributed by atoms with Crippen LogP contribution in [0.3, 0.4) is 0 Å². The van der Waals surface area contributed by atoms with Gasteiger partial charge in [0.2, 0.25) is 5.91 Å². The van der Waals surface area contributed by atoms with Gasteiger partial charge >= 0.3 is 0 Å². The third kappa shape index (κ3) is 5.67. The van der Waals surface area contributed by atoms with Gasteiger partial charge in [-0.3, -0.25) is 4.79 Å². The number of carbonyl (C=O) groups is 1. The summed E-state index contributed by atoms with van der Waals surface area (Å²) in [7, 11) is -3.08. The summed E-state index contributed by atoms with van der Waals surface area (Å²) in [6.45, 7) is 1.66. The average Bonchev–Trinajstić information content (AvgIpc) is 2.13. The zero-order chi connectivity index (χ0) is 13.8. The van der Waals surface area contributed by atoms with E-state index in [0.29, 0.717) is 5.69 Å². The van der Waals surface area contributed by atoms with Gasteiger partial charge in [-0.1, -0.05) is 12.1 Å². The molecule has 0 aliphatic carbocycles. The number of anilines is 1. The van der Waals surface area contributed by atoms with Crippen LogP contribution < -0.4 is 11.1 Å². The Morgan fingerprint density at radius 3 is 2.67 bits per heavy atom. The summed E-state index contributed by atoms with van der Waals surface area (Å²) >= 11 is 0. The van der Waals surface area contributed by atoms with E-state index in [9.17, 15) is 13.2 Å². The first-order valence-corrected chi connectivity index (χ1v) is 7.64. The number of nitrogen functional groups attached to an aromatic ring is 1. The van der Waals surface area contributed by atoms with Crippen molar-refractivity contribution in [2.75, 3.05) is 17.7 Å². The molecule has 0 spiro atoms. The Morgan fingerprint density at radius 2 is 2.11 bits per heavy atom. The Balaban J connectivity index is 2.52. The smallest absolute Gasteiger partial charge is 0.224 e. The van der Waals surface area contributed by atoms with Gasteiger partial charge < -0.3 is 11.1 Å². The molecule has 0 aliphatic rings. The summed E-state index contributed by atoms with van der Waals surface area (Å²) < 4.78 is 22.1. The van der Waals surface area contributed by atoms with Gasteiger partial charge in [0.05, 0.1) is 12.2 Å². The van der Waals surface area contributed by atoms with Crippen molar-refractivity contribution >= 4 is 21.4 Å². The Labute approximate surface area is 107 Å². The number of hydrogen-bond donors (Lipinski definition) is 2. The van der Waals surface area contributed by atoms with Crippen LogP contribution in [0.15, 0.2) is 24.3 Å². The molecule has 5 nitrogen and oxygen atoms in total. The molecule has 1 amide bonds. The lowest BCUT2D eigenvalue weighted by molar-refractivity contribution is -0.120. The highest BCUT2D eigenvalue weighted by molar-refractivity contribution is 7.90. The zero-order valence-electron chi connectivity index (χ0n) is 10.5. The number of hydrogen-bond acceptors (Lipinski definition) is 4. The van der Waals surface area contributed by atoms with Crippen molar-refractivity contribution in [3.63, 3.8) is 0 Å². The SMILES string of the molecule is CC(CS(C)(=O)=O)NC(=O)Cc1cccc(N)c1. The van der Waals surface area contributed by atoms with Crippen LogP contribution in [-0.2, 0) is 21.1 Å². The molecule has 0 saturated heterocycles. The Bertz CT molecular complexity index is 526. The van der Waals surface area contributed by atoms with Gasteiger partial charge in [-0.25, -0.2) is 8.42 Å². The highest BCUT2D eigenvalue weighted by Crippen LogP contribution is 2.07. The van der Waals surface area contributed by atoms with Crippen LogP contribution >= 0.6 is 0 Å². The maximum atomic E-state index is 11.7. The fourth-order valence-electron chi connectivity index (χ4n) is 1.71. The van der Waals surface area contributed by atoms with Crippen molar-refractivity contribution < 1.29 is 13.2 Å². The fourth-order valence-corrected chi connectivity index (χ4v) is 2.70. The van der Waals surface area contributed by atoms with Crippen LogP contribution in [-0.4, -0.2) is 32.4 Å². The highest BCUT2D eigenvalue weighted by atomic mass is 32.2. The van der Waals surface area contributed by atoms with Crippen molar-refractivity contribution in [3.05, 3.63) is 29.8 Å². The van der Waals surface area contributed by atoms with Gasteiger partial charge in [-0.05, 0) is 24.6 Å². The van der Waals surface area contributed by atoms with Crippen LogP contribution in [0.5, 0.6) is 0 Å². The largest absolute Gasteiger partial charge is 0.399 e. The standard InChI is InChI=1S/C12H18N2O3S/c1-9(8-18(2,16)17)14-12(15)7-10-4-3-5-11(13)6-10/h3-6,9H,7-8,13H2,1-2H3,(H,14,15). The van der Waals surface area contributed by atoms with Gasteiger partial charge in [-0.15, -0.1) is 0 Å². The van der Waals surface area contributed by atoms with Gasteiger partial charge in [0.15, 0.2) is 0 Å². The summed E-state index contributed by atoms with van der Waals surface area (Å²) in [5.74, 6) is -0.271. The lowest BCUT2D eigenvalue weighted by atomic mass is 10.1. The highest BCUT2D eigenvalue weighted by Gasteiger charge is 2.13. The number of benzene rings is 1. The quantitative estimate of drug-likeness (QED) is 0.756. The van der Waals surface area contributed by atoms with E-state index in [2.05, 4.69) is 5.32 Å². The molecule has 0 radical (unpaired) electrons. The number of rotatable bonds is 5. The first kappa shape index (κ1) is 14.5. The molecule has 1 atom stereocenters. The summed E-state index contributed by atoms with van der Waals surface area (Å²) in [5.41, 5.74) is 7.01. The minimum Gasteiger partial charge on any atom is -0.399 e. The van der Waals surface area contributed by atoms with Crippen LogP contribution in [0.4, 0.5) is 5.69 Å². The lowest BCUT2D eigenvalue weighted by Crippen LogP contribution is -2.38. The molecule has 18 heavy (non-hydrogen) atoms. The summed E-state index contributed by atoms with van der Waals surface area (Å²) in [6.07, 6.45) is 1.34.